The number of carbonyl (C=O) groups is 2. The van der Waals surface area contributed by atoms with E-state index < -0.39 is 29.7 Å². The number of piperidine rings is 1. The van der Waals surface area contributed by atoms with Crippen LogP contribution in [0.15, 0.2) is 55.1 Å². The number of aromatic carboxylic acids is 1. The molecule has 0 bridgehead atoms. The molecule has 1 unspecified atom stereocenters. The Labute approximate surface area is 297 Å². The van der Waals surface area contributed by atoms with Crippen molar-refractivity contribution in [3.05, 3.63) is 94.4 Å². The predicted octanol–water partition coefficient (Wildman–Crippen LogP) is 6.71. The highest BCUT2D eigenvalue weighted by molar-refractivity contribution is 6.30. The number of imidazole rings is 2. The Balaban J connectivity index is 0.000000604. The van der Waals surface area contributed by atoms with Crippen molar-refractivity contribution in [1.29, 1.82) is 0 Å². The van der Waals surface area contributed by atoms with Crippen molar-refractivity contribution >= 4 is 40.4 Å². The number of nitrogens with zero attached hydrogens (tertiary/aromatic N) is 7. The number of carboxylic acid groups (broad SMARTS) is 2. The van der Waals surface area contributed by atoms with Gasteiger partial charge in [0.15, 0.2) is 11.6 Å². The minimum atomic E-state index is -5.08. The lowest BCUT2D eigenvalue weighted by atomic mass is 9.90. The summed E-state index contributed by atoms with van der Waals surface area (Å²) >= 11 is 5.83. The molecule has 1 saturated carbocycles. The van der Waals surface area contributed by atoms with Crippen LogP contribution in [0.4, 0.5) is 27.8 Å². The highest BCUT2D eigenvalue weighted by atomic mass is 35.5. The molecule has 18 heteroatoms. The van der Waals surface area contributed by atoms with E-state index in [-0.39, 0.29) is 45.9 Å². The van der Waals surface area contributed by atoms with Gasteiger partial charge >= 0.3 is 24.1 Å². The van der Waals surface area contributed by atoms with E-state index >= 15 is 0 Å². The maximum atomic E-state index is 14.9. The second kappa shape index (κ2) is 14.4. The van der Waals surface area contributed by atoms with Gasteiger partial charge in [-0.2, -0.15) is 18.2 Å². The molecular weight excluding hydrogens is 717 g/mol. The molecule has 2 N–H and O–H groups in total. The van der Waals surface area contributed by atoms with E-state index in [1.54, 1.807) is 30.6 Å². The summed E-state index contributed by atoms with van der Waals surface area (Å²) in [5, 5.41) is 17.1. The van der Waals surface area contributed by atoms with Gasteiger partial charge in [0.1, 0.15) is 18.2 Å². The van der Waals surface area contributed by atoms with Gasteiger partial charge in [-0.3, -0.25) is 0 Å². The normalized spacial score (nSPS) is 16.4. The van der Waals surface area contributed by atoms with Gasteiger partial charge in [-0.1, -0.05) is 17.7 Å². The van der Waals surface area contributed by atoms with Crippen molar-refractivity contribution in [2.24, 2.45) is 5.41 Å². The second-order valence-electron chi connectivity index (χ2n) is 12.5. The fraction of sp³-hybridized carbons (Fsp3) is 0.353. The van der Waals surface area contributed by atoms with E-state index in [0.717, 1.165) is 54.6 Å². The molecular formula is C34H31ClF5N7O5. The molecule has 4 heterocycles. The fourth-order valence-electron chi connectivity index (χ4n) is 6.48. The Bertz CT molecular complexity index is 2130. The molecule has 7 rings (SSSR count). The third-order valence-corrected chi connectivity index (χ3v) is 9.60. The number of fused-ring (bicyclic) bond motifs is 1. The minimum Gasteiger partial charge on any atom is -0.478 e. The standard InChI is InChI=1S/C32H30ClF2N7O3.C2HF3O2/c1-2-40-18-36-14-22(40)16-42-27-11-19(30(43)44)4-6-26(27)38-28(42)23-13-32(23)7-9-41(10-8-32)29-25(35)15-37-31(39-29)45-17-20-3-5-21(33)12-24(20)34;3-2(4,5)1(6)7/h3-6,11-12,14-15,18,23H,2,7-10,13,16-17H2,1H3,(H,43,44);(H,6,7). The van der Waals surface area contributed by atoms with Crippen molar-refractivity contribution in [3.8, 4) is 6.01 Å². The summed E-state index contributed by atoms with van der Waals surface area (Å²) < 4.78 is 70.6. The molecule has 1 saturated heterocycles. The lowest BCUT2D eigenvalue weighted by Crippen LogP contribution is -2.36. The van der Waals surface area contributed by atoms with E-state index in [1.807, 2.05) is 11.1 Å². The van der Waals surface area contributed by atoms with E-state index in [9.17, 15) is 31.9 Å². The van der Waals surface area contributed by atoms with Gasteiger partial charge in [0.05, 0.1) is 41.4 Å². The van der Waals surface area contributed by atoms with Crippen molar-refractivity contribution in [2.45, 2.75) is 58.0 Å². The number of aliphatic carboxylic acids is 1. The van der Waals surface area contributed by atoms with Crippen LogP contribution in [-0.4, -0.2) is 70.5 Å². The van der Waals surface area contributed by atoms with E-state index in [4.69, 9.17) is 31.2 Å². The Morgan fingerprint density at radius 1 is 1.04 bits per heavy atom. The number of benzene rings is 2. The average molecular weight is 748 g/mol. The van der Waals surface area contributed by atoms with Crippen LogP contribution >= 0.6 is 11.6 Å². The van der Waals surface area contributed by atoms with Crippen LogP contribution in [0.3, 0.4) is 0 Å². The summed E-state index contributed by atoms with van der Waals surface area (Å²) in [6, 6.07) is 9.31. The zero-order valence-electron chi connectivity index (χ0n) is 27.4. The molecule has 12 nitrogen and oxygen atoms in total. The smallest absolute Gasteiger partial charge is 0.478 e. The Kier molecular flexibility index (Phi) is 10.1. The Hall–Kier alpha value is -5.32. The van der Waals surface area contributed by atoms with Crippen molar-refractivity contribution < 1.29 is 46.5 Å². The molecule has 2 aromatic carbocycles. The minimum absolute atomic E-state index is 0.00516. The fourth-order valence-corrected chi connectivity index (χ4v) is 6.64. The number of alkyl halides is 3. The number of halogens is 6. The zero-order chi connectivity index (χ0) is 37.4. The zero-order valence-corrected chi connectivity index (χ0v) is 28.2. The van der Waals surface area contributed by atoms with Gasteiger partial charge in [0.2, 0.25) is 0 Å². The second-order valence-corrected chi connectivity index (χ2v) is 12.9. The number of aryl methyl sites for hydroxylation is 1. The topological polar surface area (TPSA) is 148 Å². The van der Waals surface area contributed by atoms with Crippen LogP contribution in [0.25, 0.3) is 11.0 Å². The summed E-state index contributed by atoms with van der Waals surface area (Å²) in [5.41, 5.74) is 3.06. The van der Waals surface area contributed by atoms with Gasteiger partial charge < -0.3 is 29.0 Å². The van der Waals surface area contributed by atoms with Crippen LogP contribution in [0, 0.1) is 17.0 Å². The maximum Gasteiger partial charge on any atom is 0.490 e. The Morgan fingerprint density at radius 3 is 2.42 bits per heavy atom. The molecule has 274 valence electrons. The summed E-state index contributed by atoms with van der Waals surface area (Å²) in [4.78, 5) is 40.2. The SMILES string of the molecule is CCn1cncc1Cn1c(C2CC23CCN(c2nc(OCc4ccc(Cl)cc4F)ncc2F)CC3)nc2ccc(C(=O)O)cc21.O=C(O)C(F)(F)F. The first-order valence-electron chi connectivity index (χ1n) is 16.1. The van der Waals surface area contributed by atoms with Crippen LogP contribution in [0.2, 0.25) is 5.02 Å². The third kappa shape index (κ3) is 7.63. The molecule has 1 spiro atoms. The molecule has 0 radical (unpaired) electrons. The quantitative estimate of drug-likeness (QED) is 0.156. The molecule has 5 aromatic rings. The van der Waals surface area contributed by atoms with Crippen molar-refractivity contribution in [1.82, 2.24) is 29.1 Å². The van der Waals surface area contributed by atoms with Gasteiger partial charge in [0, 0.05) is 42.3 Å². The lowest BCUT2D eigenvalue weighted by Gasteiger charge is -2.33. The van der Waals surface area contributed by atoms with Crippen LogP contribution < -0.4 is 9.64 Å². The first-order valence-corrected chi connectivity index (χ1v) is 16.4. The van der Waals surface area contributed by atoms with Crippen LogP contribution in [0.5, 0.6) is 6.01 Å². The summed E-state index contributed by atoms with van der Waals surface area (Å²) in [5.74, 6) is -3.52. The summed E-state index contributed by atoms with van der Waals surface area (Å²) in [6.45, 7) is 4.40. The van der Waals surface area contributed by atoms with Crippen LogP contribution in [-0.2, 0) is 24.5 Å². The maximum absolute atomic E-state index is 14.9. The predicted molar refractivity (Wildman–Crippen MR) is 176 cm³/mol. The molecule has 2 fully saturated rings. The van der Waals surface area contributed by atoms with E-state index in [0.29, 0.717) is 19.6 Å². The first-order chi connectivity index (χ1) is 24.7. The lowest BCUT2D eigenvalue weighted by molar-refractivity contribution is -0.192. The monoisotopic (exact) mass is 747 g/mol. The first kappa shape index (κ1) is 36.5. The van der Waals surface area contributed by atoms with Gasteiger partial charge in [-0.05, 0) is 61.9 Å². The van der Waals surface area contributed by atoms with Crippen molar-refractivity contribution in [3.63, 3.8) is 0 Å². The van der Waals surface area contributed by atoms with Crippen molar-refractivity contribution in [2.75, 3.05) is 18.0 Å². The number of anilines is 1. The molecule has 3 aromatic heterocycles. The molecule has 52 heavy (non-hydrogen) atoms. The summed E-state index contributed by atoms with van der Waals surface area (Å²) in [6.07, 6.45) is 2.18. The number of hydrogen-bond donors (Lipinski definition) is 2. The highest BCUT2D eigenvalue weighted by Crippen LogP contribution is 2.65. The number of hydrogen-bond acceptors (Lipinski definition) is 8. The van der Waals surface area contributed by atoms with Gasteiger partial charge in [0.25, 0.3) is 0 Å². The molecule has 1 aliphatic heterocycles. The molecule has 1 aliphatic carbocycles. The van der Waals surface area contributed by atoms with E-state index in [2.05, 4.69) is 31.0 Å². The average Bonchev–Trinajstić information content (AvgIpc) is 3.40. The Morgan fingerprint density at radius 2 is 1.77 bits per heavy atom. The largest absolute Gasteiger partial charge is 0.490 e. The highest BCUT2D eigenvalue weighted by Gasteiger charge is 2.57. The number of carboxylic acids is 2. The van der Waals surface area contributed by atoms with Gasteiger partial charge in [-0.15, -0.1) is 0 Å². The molecule has 1 atom stereocenters. The number of rotatable bonds is 9. The number of aromatic nitrogens is 6. The van der Waals surface area contributed by atoms with Gasteiger partial charge in [-0.25, -0.2) is 33.3 Å². The molecule has 0 amide bonds. The van der Waals surface area contributed by atoms with Crippen LogP contribution in [0.1, 0.15) is 59.5 Å². The number of ether oxygens (including phenoxy) is 1. The third-order valence-electron chi connectivity index (χ3n) is 9.36. The summed E-state index contributed by atoms with van der Waals surface area (Å²) in [7, 11) is 0. The molecule has 2 aliphatic rings. The van der Waals surface area contributed by atoms with E-state index in [1.165, 1.54) is 12.1 Å².